The van der Waals surface area contributed by atoms with Crippen LogP contribution in [0.3, 0.4) is 0 Å². The number of rotatable bonds is 3. The topological polar surface area (TPSA) is 18.5 Å². The van der Waals surface area contributed by atoms with Crippen LogP contribution in [0, 0.1) is 12.8 Å². The summed E-state index contributed by atoms with van der Waals surface area (Å²) in [5.74, 6) is 0.874. The highest BCUT2D eigenvalue weighted by atomic mass is 16.7. The van der Waals surface area contributed by atoms with Crippen LogP contribution in [0.2, 0.25) is 0 Å². The Morgan fingerprint density at radius 3 is 2.25 bits per heavy atom. The lowest BCUT2D eigenvalue weighted by Gasteiger charge is -2.32. The third kappa shape index (κ3) is 2.54. The van der Waals surface area contributed by atoms with Gasteiger partial charge < -0.3 is 9.31 Å². The molecule has 1 aromatic rings. The fourth-order valence-electron chi connectivity index (χ4n) is 2.72. The largest absolute Gasteiger partial charge is 0.495 e. The van der Waals surface area contributed by atoms with E-state index in [1.807, 2.05) is 0 Å². The van der Waals surface area contributed by atoms with Crippen LogP contribution in [0.4, 0.5) is 0 Å². The molecule has 0 spiro atoms. The molecule has 1 aromatic carbocycles. The van der Waals surface area contributed by atoms with Gasteiger partial charge in [-0.2, -0.15) is 0 Å². The minimum absolute atomic E-state index is 0.228. The van der Waals surface area contributed by atoms with Gasteiger partial charge in [-0.25, -0.2) is 0 Å². The minimum Gasteiger partial charge on any atom is -0.399 e. The van der Waals surface area contributed by atoms with Gasteiger partial charge in [0, 0.05) is 0 Å². The van der Waals surface area contributed by atoms with Crippen molar-refractivity contribution in [1.29, 1.82) is 0 Å². The predicted octanol–water partition coefficient (Wildman–Crippen LogP) is 3.25. The van der Waals surface area contributed by atoms with E-state index in [9.17, 15) is 0 Å². The molecule has 1 saturated carbocycles. The molecule has 1 aliphatic carbocycles. The van der Waals surface area contributed by atoms with Crippen LogP contribution in [0.5, 0.6) is 0 Å². The van der Waals surface area contributed by atoms with Crippen molar-refractivity contribution < 1.29 is 9.31 Å². The highest BCUT2D eigenvalue weighted by Gasteiger charge is 2.52. The van der Waals surface area contributed by atoms with Gasteiger partial charge in [-0.15, -0.1) is 0 Å². The molecule has 1 heterocycles. The second-order valence-electron chi connectivity index (χ2n) is 7.44. The number of benzene rings is 1. The molecule has 1 saturated heterocycles. The summed E-state index contributed by atoms with van der Waals surface area (Å²) in [6, 6.07) is 6.69. The Labute approximate surface area is 123 Å². The second-order valence-corrected chi connectivity index (χ2v) is 7.44. The van der Waals surface area contributed by atoms with Crippen LogP contribution in [0.15, 0.2) is 18.2 Å². The van der Waals surface area contributed by atoms with Crippen molar-refractivity contribution in [2.24, 2.45) is 5.92 Å². The molecule has 0 N–H and O–H groups in total. The van der Waals surface area contributed by atoms with E-state index in [2.05, 4.69) is 52.8 Å². The van der Waals surface area contributed by atoms with Crippen LogP contribution in [-0.4, -0.2) is 18.3 Å². The summed E-state index contributed by atoms with van der Waals surface area (Å²) in [5, 5.41) is 0. The summed E-state index contributed by atoms with van der Waals surface area (Å²) in [4.78, 5) is 0. The van der Waals surface area contributed by atoms with Crippen molar-refractivity contribution in [3.8, 4) is 0 Å². The molecule has 2 fully saturated rings. The molecule has 20 heavy (non-hydrogen) atoms. The molecule has 0 unspecified atom stereocenters. The van der Waals surface area contributed by atoms with Crippen LogP contribution in [-0.2, 0) is 15.7 Å². The monoisotopic (exact) mass is 272 g/mol. The van der Waals surface area contributed by atoms with E-state index >= 15 is 0 Å². The molecule has 3 heteroatoms. The maximum Gasteiger partial charge on any atom is 0.495 e. The molecular formula is C17H25BO2. The lowest BCUT2D eigenvalue weighted by Crippen LogP contribution is -2.41. The van der Waals surface area contributed by atoms with E-state index in [4.69, 9.17) is 9.31 Å². The molecule has 0 atom stereocenters. The first kappa shape index (κ1) is 14.2. The van der Waals surface area contributed by atoms with E-state index in [1.54, 1.807) is 0 Å². The van der Waals surface area contributed by atoms with Gasteiger partial charge in [0.25, 0.3) is 0 Å². The van der Waals surface area contributed by atoms with Crippen molar-refractivity contribution in [2.45, 2.75) is 65.1 Å². The summed E-state index contributed by atoms with van der Waals surface area (Å²) in [5.41, 5.74) is 3.37. The van der Waals surface area contributed by atoms with Crippen LogP contribution in [0.1, 0.15) is 51.7 Å². The zero-order chi connectivity index (χ0) is 14.5. The summed E-state index contributed by atoms with van der Waals surface area (Å²) in [7, 11) is -0.228. The molecule has 1 aliphatic heterocycles. The van der Waals surface area contributed by atoms with Crippen LogP contribution in [0.25, 0.3) is 0 Å². The average Bonchev–Trinajstić information content (AvgIpc) is 3.10. The predicted molar refractivity (Wildman–Crippen MR) is 83.3 cm³/mol. The van der Waals surface area contributed by atoms with Crippen LogP contribution < -0.4 is 5.46 Å². The molecule has 0 amide bonds. The third-order valence-corrected chi connectivity index (χ3v) is 5.01. The highest BCUT2D eigenvalue weighted by molar-refractivity contribution is 6.62. The molecular weight excluding hydrogens is 247 g/mol. The van der Waals surface area contributed by atoms with Gasteiger partial charge in [0.1, 0.15) is 0 Å². The minimum atomic E-state index is -0.266. The summed E-state index contributed by atoms with van der Waals surface area (Å²) in [6.07, 6.45) is 3.91. The van der Waals surface area contributed by atoms with Gasteiger partial charge in [0.15, 0.2) is 0 Å². The maximum absolute atomic E-state index is 6.23. The van der Waals surface area contributed by atoms with Gasteiger partial charge in [0.05, 0.1) is 11.2 Å². The first-order valence-electron chi connectivity index (χ1n) is 7.73. The van der Waals surface area contributed by atoms with Gasteiger partial charge in [-0.3, -0.25) is 0 Å². The molecule has 3 rings (SSSR count). The summed E-state index contributed by atoms with van der Waals surface area (Å²) < 4.78 is 12.5. The Kier molecular flexibility index (Phi) is 3.26. The van der Waals surface area contributed by atoms with Gasteiger partial charge in [-0.1, -0.05) is 23.8 Å². The number of hydrogen-bond donors (Lipinski definition) is 0. The first-order chi connectivity index (χ1) is 9.28. The smallest absolute Gasteiger partial charge is 0.399 e. The Balaban J connectivity index is 1.91. The van der Waals surface area contributed by atoms with E-state index < -0.39 is 0 Å². The zero-order valence-electron chi connectivity index (χ0n) is 13.3. The van der Waals surface area contributed by atoms with E-state index in [1.165, 1.54) is 35.9 Å². The normalized spacial score (nSPS) is 24.1. The van der Waals surface area contributed by atoms with Gasteiger partial charge >= 0.3 is 7.12 Å². The zero-order valence-corrected chi connectivity index (χ0v) is 13.3. The van der Waals surface area contributed by atoms with Crippen molar-refractivity contribution in [1.82, 2.24) is 0 Å². The number of hydrogen-bond acceptors (Lipinski definition) is 2. The molecule has 0 bridgehead atoms. The average molecular weight is 272 g/mol. The Morgan fingerprint density at radius 2 is 1.70 bits per heavy atom. The standard InChI is InChI=1S/C17H25BO2/c1-12-6-9-14(11-13-7-8-13)15(10-12)18-19-16(2,3)17(4,5)20-18/h6,9-10,13H,7-8,11H2,1-5H3. The quantitative estimate of drug-likeness (QED) is 0.786. The summed E-state index contributed by atoms with van der Waals surface area (Å²) in [6.45, 7) is 10.6. The van der Waals surface area contributed by atoms with Gasteiger partial charge in [-0.05, 0) is 70.8 Å². The van der Waals surface area contributed by atoms with Crippen molar-refractivity contribution in [3.05, 3.63) is 29.3 Å². The lowest BCUT2D eigenvalue weighted by atomic mass is 9.74. The SMILES string of the molecule is Cc1ccc(CC2CC2)c(B2OC(C)(C)C(C)(C)O2)c1. The van der Waals surface area contributed by atoms with E-state index in [0.717, 1.165) is 5.92 Å². The lowest BCUT2D eigenvalue weighted by molar-refractivity contribution is 0.00578. The fourth-order valence-corrected chi connectivity index (χ4v) is 2.72. The highest BCUT2D eigenvalue weighted by Crippen LogP contribution is 2.37. The molecule has 2 aliphatic rings. The van der Waals surface area contributed by atoms with E-state index in [-0.39, 0.29) is 18.3 Å². The Morgan fingerprint density at radius 1 is 1.10 bits per heavy atom. The maximum atomic E-state index is 6.23. The second kappa shape index (κ2) is 4.61. The molecule has 108 valence electrons. The third-order valence-electron chi connectivity index (χ3n) is 5.01. The Bertz CT molecular complexity index is 502. The Hall–Kier alpha value is -0.795. The molecule has 2 nitrogen and oxygen atoms in total. The van der Waals surface area contributed by atoms with Crippen molar-refractivity contribution in [3.63, 3.8) is 0 Å². The van der Waals surface area contributed by atoms with Crippen LogP contribution >= 0.6 is 0 Å². The van der Waals surface area contributed by atoms with Gasteiger partial charge in [0.2, 0.25) is 0 Å². The number of aryl methyl sites for hydroxylation is 1. The molecule has 0 radical (unpaired) electrons. The van der Waals surface area contributed by atoms with Crippen molar-refractivity contribution in [2.75, 3.05) is 0 Å². The fraction of sp³-hybridized carbons (Fsp3) is 0.647. The molecule has 0 aromatic heterocycles. The van der Waals surface area contributed by atoms with Crippen molar-refractivity contribution >= 4 is 12.6 Å². The van der Waals surface area contributed by atoms with E-state index in [0.29, 0.717) is 0 Å². The first-order valence-corrected chi connectivity index (χ1v) is 7.73. The summed E-state index contributed by atoms with van der Waals surface area (Å²) >= 11 is 0.